The van der Waals surface area contributed by atoms with Crippen LogP contribution in [0.3, 0.4) is 0 Å². The van der Waals surface area contributed by atoms with Crippen LogP contribution in [0, 0.1) is 19.3 Å². The van der Waals surface area contributed by atoms with Crippen molar-refractivity contribution in [1.82, 2.24) is 20.0 Å². The van der Waals surface area contributed by atoms with Crippen molar-refractivity contribution < 1.29 is 9.53 Å². The summed E-state index contributed by atoms with van der Waals surface area (Å²) in [6.07, 6.45) is 4.64. The Labute approximate surface area is 144 Å². The Hall–Kier alpha value is -1.40. The SMILES string of the molecule is Cc1nn(C)c(C)c1C(=O)NCC1(CN2CCCC2)CCOCC1. The van der Waals surface area contributed by atoms with Crippen LogP contribution in [0.1, 0.15) is 47.4 Å². The van der Waals surface area contributed by atoms with Gasteiger partial charge >= 0.3 is 0 Å². The number of aromatic nitrogens is 2. The second-order valence-corrected chi connectivity index (χ2v) is 7.45. The van der Waals surface area contributed by atoms with Gasteiger partial charge in [-0.15, -0.1) is 0 Å². The van der Waals surface area contributed by atoms with Crippen LogP contribution in [0.4, 0.5) is 0 Å². The van der Waals surface area contributed by atoms with E-state index in [4.69, 9.17) is 4.74 Å². The zero-order valence-corrected chi connectivity index (χ0v) is 15.2. The molecule has 2 aliphatic heterocycles. The van der Waals surface area contributed by atoms with E-state index in [0.717, 1.165) is 56.1 Å². The summed E-state index contributed by atoms with van der Waals surface area (Å²) in [5.74, 6) is 0.00499. The maximum Gasteiger partial charge on any atom is 0.255 e. The first-order valence-corrected chi connectivity index (χ1v) is 9.09. The quantitative estimate of drug-likeness (QED) is 0.890. The van der Waals surface area contributed by atoms with E-state index in [-0.39, 0.29) is 11.3 Å². The Morgan fingerprint density at radius 3 is 2.50 bits per heavy atom. The Morgan fingerprint density at radius 2 is 1.92 bits per heavy atom. The van der Waals surface area contributed by atoms with Crippen molar-refractivity contribution in [3.05, 3.63) is 17.0 Å². The summed E-state index contributed by atoms with van der Waals surface area (Å²) in [5, 5.41) is 7.56. The number of ether oxygens (including phenoxy) is 1. The lowest BCUT2D eigenvalue weighted by Crippen LogP contribution is -2.48. The molecular weight excluding hydrogens is 304 g/mol. The smallest absolute Gasteiger partial charge is 0.255 e. The minimum absolute atomic E-state index is 0.00499. The Bertz CT molecular complexity index is 584. The lowest BCUT2D eigenvalue weighted by molar-refractivity contribution is -0.000637. The molecule has 0 saturated carbocycles. The van der Waals surface area contributed by atoms with E-state index in [0.29, 0.717) is 0 Å². The number of carbonyl (C=O) groups is 1. The van der Waals surface area contributed by atoms with Crippen molar-refractivity contribution in [2.24, 2.45) is 12.5 Å². The molecule has 1 aromatic heterocycles. The van der Waals surface area contributed by atoms with Gasteiger partial charge in [0.2, 0.25) is 0 Å². The van der Waals surface area contributed by atoms with E-state index in [1.807, 2.05) is 20.9 Å². The Morgan fingerprint density at radius 1 is 1.25 bits per heavy atom. The van der Waals surface area contributed by atoms with Crippen LogP contribution in [0.25, 0.3) is 0 Å². The highest BCUT2D eigenvalue weighted by Crippen LogP contribution is 2.32. The second kappa shape index (κ2) is 7.23. The van der Waals surface area contributed by atoms with Gasteiger partial charge in [0, 0.05) is 44.5 Å². The van der Waals surface area contributed by atoms with Gasteiger partial charge in [-0.05, 0) is 52.6 Å². The standard InChI is InChI=1S/C18H30N4O2/c1-14-16(15(2)21(3)20-14)17(23)19-12-18(6-10-24-11-7-18)13-22-8-4-5-9-22/h4-13H2,1-3H3,(H,19,23). The van der Waals surface area contributed by atoms with E-state index in [9.17, 15) is 4.79 Å². The molecule has 2 aliphatic rings. The first-order chi connectivity index (χ1) is 11.5. The van der Waals surface area contributed by atoms with Crippen LogP contribution in [0.15, 0.2) is 0 Å². The predicted octanol–water partition coefficient (Wildman–Crippen LogP) is 1.66. The molecule has 3 rings (SSSR count). The van der Waals surface area contributed by atoms with Gasteiger partial charge in [-0.2, -0.15) is 5.10 Å². The van der Waals surface area contributed by atoms with Crippen LogP contribution in [0.5, 0.6) is 0 Å². The monoisotopic (exact) mass is 334 g/mol. The molecule has 2 saturated heterocycles. The van der Waals surface area contributed by atoms with Gasteiger partial charge in [-0.3, -0.25) is 9.48 Å². The number of nitrogens with one attached hydrogen (secondary N) is 1. The highest BCUT2D eigenvalue weighted by molar-refractivity contribution is 5.96. The molecule has 0 aliphatic carbocycles. The molecule has 3 heterocycles. The molecule has 6 nitrogen and oxygen atoms in total. The molecule has 134 valence electrons. The highest BCUT2D eigenvalue weighted by atomic mass is 16.5. The molecule has 24 heavy (non-hydrogen) atoms. The molecule has 1 amide bonds. The maximum atomic E-state index is 12.7. The number of likely N-dealkylation sites (tertiary alicyclic amines) is 1. The number of aryl methyl sites for hydroxylation is 2. The number of nitrogens with zero attached hydrogens (tertiary/aromatic N) is 3. The molecule has 1 N–H and O–H groups in total. The molecule has 0 spiro atoms. The van der Waals surface area contributed by atoms with Gasteiger partial charge in [0.15, 0.2) is 0 Å². The molecule has 1 aromatic rings. The summed E-state index contributed by atoms with van der Waals surface area (Å²) in [6, 6.07) is 0. The lowest BCUT2D eigenvalue weighted by Gasteiger charge is -2.40. The normalized spacial score (nSPS) is 21.1. The van der Waals surface area contributed by atoms with Gasteiger partial charge in [-0.1, -0.05) is 0 Å². The number of amides is 1. The summed E-state index contributed by atoms with van der Waals surface area (Å²) in [6.45, 7) is 9.62. The summed E-state index contributed by atoms with van der Waals surface area (Å²) >= 11 is 0. The number of rotatable bonds is 5. The van der Waals surface area contributed by atoms with Crippen molar-refractivity contribution in [3.63, 3.8) is 0 Å². The summed E-state index contributed by atoms with van der Waals surface area (Å²) in [7, 11) is 1.88. The van der Waals surface area contributed by atoms with Crippen LogP contribution in [0.2, 0.25) is 0 Å². The van der Waals surface area contributed by atoms with Crippen LogP contribution >= 0.6 is 0 Å². The summed E-state index contributed by atoms with van der Waals surface area (Å²) < 4.78 is 7.35. The summed E-state index contributed by atoms with van der Waals surface area (Å²) in [5.41, 5.74) is 2.59. The van der Waals surface area contributed by atoms with Crippen molar-refractivity contribution in [2.45, 2.75) is 39.5 Å². The first-order valence-electron chi connectivity index (χ1n) is 9.09. The third-order valence-corrected chi connectivity index (χ3v) is 5.67. The average molecular weight is 334 g/mol. The van der Waals surface area contributed by atoms with Gasteiger partial charge in [0.25, 0.3) is 5.91 Å². The van der Waals surface area contributed by atoms with E-state index >= 15 is 0 Å². The number of carbonyl (C=O) groups excluding carboxylic acids is 1. The Kier molecular flexibility index (Phi) is 5.25. The number of hydrogen-bond acceptors (Lipinski definition) is 4. The van der Waals surface area contributed by atoms with E-state index in [1.54, 1.807) is 4.68 Å². The molecule has 0 aromatic carbocycles. The molecule has 0 radical (unpaired) electrons. The zero-order chi connectivity index (χ0) is 17.2. The fourth-order valence-corrected chi connectivity index (χ4v) is 4.07. The average Bonchev–Trinajstić information content (AvgIpc) is 3.15. The Balaban J connectivity index is 1.67. The topological polar surface area (TPSA) is 59.4 Å². The van der Waals surface area contributed by atoms with Gasteiger partial charge in [0.05, 0.1) is 11.3 Å². The molecule has 0 bridgehead atoms. The van der Waals surface area contributed by atoms with E-state index < -0.39 is 0 Å². The van der Waals surface area contributed by atoms with Crippen molar-refractivity contribution in [2.75, 3.05) is 39.4 Å². The molecular formula is C18H30N4O2. The third kappa shape index (κ3) is 3.64. The lowest BCUT2D eigenvalue weighted by atomic mass is 9.79. The van der Waals surface area contributed by atoms with E-state index in [2.05, 4.69) is 15.3 Å². The predicted molar refractivity (Wildman–Crippen MR) is 93.2 cm³/mol. The zero-order valence-electron chi connectivity index (χ0n) is 15.2. The van der Waals surface area contributed by atoms with Crippen molar-refractivity contribution in [3.8, 4) is 0 Å². The highest BCUT2D eigenvalue weighted by Gasteiger charge is 2.36. The fourth-order valence-electron chi connectivity index (χ4n) is 4.07. The van der Waals surface area contributed by atoms with Crippen LogP contribution in [-0.2, 0) is 11.8 Å². The maximum absolute atomic E-state index is 12.7. The largest absolute Gasteiger partial charge is 0.381 e. The second-order valence-electron chi connectivity index (χ2n) is 7.45. The fraction of sp³-hybridized carbons (Fsp3) is 0.778. The van der Waals surface area contributed by atoms with Crippen LogP contribution < -0.4 is 5.32 Å². The number of hydrogen-bond donors (Lipinski definition) is 1. The van der Waals surface area contributed by atoms with E-state index in [1.165, 1.54) is 25.9 Å². The first kappa shape index (κ1) is 17.4. The van der Waals surface area contributed by atoms with Gasteiger partial charge in [0.1, 0.15) is 0 Å². The van der Waals surface area contributed by atoms with Crippen molar-refractivity contribution in [1.29, 1.82) is 0 Å². The van der Waals surface area contributed by atoms with Gasteiger partial charge < -0.3 is 15.0 Å². The van der Waals surface area contributed by atoms with Crippen molar-refractivity contribution >= 4 is 5.91 Å². The third-order valence-electron chi connectivity index (χ3n) is 5.67. The molecule has 0 atom stereocenters. The molecule has 0 unspecified atom stereocenters. The van der Waals surface area contributed by atoms with Gasteiger partial charge in [-0.25, -0.2) is 0 Å². The summed E-state index contributed by atoms with van der Waals surface area (Å²) in [4.78, 5) is 15.3. The minimum atomic E-state index is 0.00499. The molecule has 2 fully saturated rings. The van der Waals surface area contributed by atoms with Crippen LogP contribution in [-0.4, -0.2) is 60.0 Å². The minimum Gasteiger partial charge on any atom is -0.381 e. The molecule has 6 heteroatoms.